The fourth-order valence-electron chi connectivity index (χ4n) is 2.96. The summed E-state index contributed by atoms with van der Waals surface area (Å²) in [6.07, 6.45) is 6.80. The van der Waals surface area contributed by atoms with Crippen molar-refractivity contribution in [1.82, 2.24) is 0 Å². The second-order valence-electron chi connectivity index (χ2n) is 5.12. The molecule has 2 rings (SSSR count). The van der Waals surface area contributed by atoms with Gasteiger partial charge in [-0.25, -0.2) is 0 Å². The molecule has 1 aromatic carbocycles. The Balaban J connectivity index is 2.24. The smallest absolute Gasteiger partial charge is 0.311 e. The van der Waals surface area contributed by atoms with Gasteiger partial charge in [-0.15, -0.1) is 0 Å². The van der Waals surface area contributed by atoms with Crippen molar-refractivity contribution in [2.24, 2.45) is 5.92 Å². The minimum Gasteiger partial charge on any atom is -0.481 e. The van der Waals surface area contributed by atoms with Crippen LogP contribution in [0.2, 0.25) is 5.02 Å². The first kappa shape index (κ1) is 13.4. The van der Waals surface area contributed by atoms with Gasteiger partial charge in [0.2, 0.25) is 0 Å². The van der Waals surface area contributed by atoms with Crippen molar-refractivity contribution >= 4 is 17.6 Å². The summed E-state index contributed by atoms with van der Waals surface area (Å²) >= 11 is 5.97. The van der Waals surface area contributed by atoms with E-state index in [1.54, 1.807) is 12.1 Å². The van der Waals surface area contributed by atoms with Gasteiger partial charge < -0.3 is 5.11 Å². The summed E-state index contributed by atoms with van der Waals surface area (Å²) in [5, 5.41) is 10.1. The normalized spacial score (nSPS) is 19.2. The molecule has 0 bridgehead atoms. The van der Waals surface area contributed by atoms with E-state index in [1.807, 2.05) is 12.1 Å². The fraction of sp³-hybridized carbons (Fsp3) is 0.533. The predicted octanol–water partition coefficient (Wildman–Crippen LogP) is 4.48. The Morgan fingerprint density at radius 2 is 1.89 bits per heavy atom. The van der Waals surface area contributed by atoms with Crippen molar-refractivity contribution in [3.8, 4) is 0 Å². The zero-order chi connectivity index (χ0) is 13.0. The minimum absolute atomic E-state index is 0.253. The van der Waals surface area contributed by atoms with Crippen LogP contribution in [0.5, 0.6) is 0 Å². The van der Waals surface area contributed by atoms with E-state index in [1.165, 1.54) is 12.8 Å². The second-order valence-corrected chi connectivity index (χ2v) is 5.56. The quantitative estimate of drug-likeness (QED) is 0.819. The van der Waals surface area contributed by atoms with E-state index in [-0.39, 0.29) is 5.92 Å². The molecule has 0 radical (unpaired) electrons. The summed E-state index contributed by atoms with van der Waals surface area (Å²) in [4.78, 5) is 11.6. The molecule has 0 aliphatic heterocycles. The Labute approximate surface area is 113 Å². The molecule has 1 aliphatic rings. The number of rotatable bonds is 3. The number of halogens is 1. The van der Waals surface area contributed by atoms with Gasteiger partial charge >= 0.3 is 5.97 Å². The molecule has 2 nitrogen and oxygen atoms in total. The van der Waals surface area contributed by atoms with Gasteiger partial charge in [0.1, 0.15) is 0 Å². The lowest BCUT2D eigenvalue weighted by Gasteiger charge is -2.23. The van der Waals surface area contributed by atoms with E-state index in [9.17, 15) is 9.90 Å². The first-order valence-electron chi connectivity index (χ1n) is 6.67. The van der Waals surface area contributed by atoms with Crippen molar-refractivity contribution in [2.75, 3.05) is 0 Å². The van der Waals surface area contributed by atoms with E-state index >= 15 is 0 Å². The molecule has 1 atom stereocenters. The fourth-order valence-corrected chi connectivity index (χ4v) is 3.16. The topological polar surface area (TPSA) is 37.3 Å². The van der Waals surface area contributed by atoms with Crippen LogP contribution in [0.15, 0.2) is 24.3 Å². The van der Waals surface area contributed by atoms with Crippen LogP contribution in [-0.4, -0.2) is 11.1 Å². The highest BCUT2D eigenvalue weighted by molar-refractivity contribution is 6.30. The number of carboxylic acids is 1. The van der Waals surface area contributed by atoms with E-state index in [2.05, 4.69) is 0 Å². The average molecular weight is 267 g/mol. The van der Waals surface area contributed by atoms with Crippen LogP contribution >= 0.6 is 11.6 Å². The lowest BCUT2D eigenvalue weighted by molar-refractivity contribution is -0.140. The predicted molar refractivity (Wildman–Crippen MR) is 73.0 cm³/mol. The second kappa shape index (κ2) is 6.24. The molecular formula is C15H19ClO2. The molecular weight excluding hydrogens is 248 g/mol. The highest BCUT2D eigenvalue weighted by Gasteiger charge is 2.30. The molecule has 1 aromatic rings. The third kappa shape index (κ3) is 3.26. The molecule has 1 aliphatic carbocycles. The first-order valence-corrected chi connectivity index (χ1v) is 7.04. The monoisotopic (exact) mass is 266 g/mol. The van der Waals surface area contributed by atoms with Gasteiger partial charge in [-0.05, 0) is 36.5 Å². The van der Waals surface area contributed by atoms with Gasteiger partial charge in [0.25, 0.3) is 0 Å². The largest absolute Gasteiger partial charge is 0.481 e. The van der Waals surface area contributed by atoms with Crippen molar-refractivity contribution in [3.05, 3.63) is 34.9 Å². The Hall–Kier alpha value is -1.02. The highest BCUT2D eigenvalue weighted by atomic mass is 35.5. The summed E-state index contributed by atoms with van der Waals surface area (Å²) in [6, 6.07) is 7.31. The summed E-state index contributed by atoms with van der Waals surface area (Å²) in [7, 11) is 0. The van der Waals surface area contributed by atoms with Crippen LogP contribution in [0.3, 0.4) is 0 Å². The molecule has 18 heavy (non-hydrogen) atoms. The summed E-state index contributed by atoms with van der Waals surface area (Å²) in [5.41, 5.74) is 0.849. The zero-order valence-corrected chi connectivity index (χ0v) is 11.2. The Bertz CT molecular complexity index is 409. The maximum Gasteiger partial charge on any atom is 0.311 e. The molecule has 0 spiro atoms. The molecule has 0 heterocycles. The van der Waals surface area contributed by atoms with Crippen LogP contribution in [0.25, 0.3) is 0 Å². The van der Waals surface area contributed by atoms with E-state index in [4.69, 9.17) is 11.6 Å². The molecule has 0 saturated heterocycles. The van der Waals surface area contributed by atoms with Crippen molar-refractivity contribution in [3.63, 3.8) is 0 Å². The summed E-state index contributed by atoms with van der Waals surface area (Å²) < 4.78 is 0. The van der Waals surface area contributed by atoms with Gasteiger partial charge in [-0.3, -0.25) is 4.79 Å². The maximum atomic E-state index is 11.6. The number of benzene rings is 1. The average Bonchev–Trinajstić information content (AvgIpc) is 2.58. The van der Waals surface area contributed by atoms with E-state index in [0.717, 1.165) is 31.2 Å². The molecule has 0 aromatic heterocycles. The van der Waals surface area contributed by atoms with Gasteiger partial charge in [0, 0.05) is 5.02 Å². The van der Waals surface area contributed by atoms with E-state index < -0.39 is 11.9 Å². The van der Waals surface area contributed by atoms with Crippen LogP contribution < -0.4 is 0 Å². The molecule has 1 N–H and O–H groups in total. The van der Waals surface area contributed by atoms with Gasteiger partial charge in [-0.1, -0.05) is 49.4 Å². The Morgan fingerprint density at radius 1 is 1.22 bits per heavy atom. The van der Waals surface area contributed by atoms with E-state index in [0.29, 0.717) is 5.02 Å². The Morgan fingerprint density at radius 3 is 2.44 bits per heavy atom. The van der Waals surface area contributed by atoms with Gasteiger partial charge in [0.05, 0.1) is 5.92 Å². The summed E-state index contributed by atoms with van der Waals surface area (Å²) in [6.45, 7) is 0. The van der Waals surface area contributed by atoms with Crippen molar-refractivity contribution < 1.29 is 9.90 Å². The summed E-state index contributed by atoms with van der Waals surface area (Å²) in [5.74, 6) is -0.866. The first-order chi connectivity index (χ1) is 8.68. The third-order valence-electron chi connectivity index (χ3n) is 3.85. The molecule has 3 heteroatoms. The SMILES string of the molecule is O=C(O)[C@@H](c1cccc(Cl)c1)C1CCCCCC1. The van der Waals surface area contributed by atoms with Crippen molar-refractivity contribution in [2.45, 2.75) is 44.4 Å². The van der Waals surface area contributed by atoms with Crippen LogP contribution in [-0.2, 0) is 4.79 Å². The van der Waals surface area contributed by atoms with Crippen LogP contribution in [0, 0.1) is 5.92 Å². The molecule has 0 amide bonds. The molecule has 1 fully saturated rings. The number of hydrogen-bond acceptors (Lipinski definition) is 1. The van der Waals surface area contributed by atoms with Crippen LogP contribution in [0.4, 0.5) is 0 Å². The standard InChI is InChI=1S/C15H19ClO2/c16-13-9-5-8-12(10-13)14(15(17)18)11-6-3-1-2-4-7-11/h5,8-11,14H,1-4,6-7H2,(H,17,18)/t14-/m1/s1. The number of aliphatic carboxylic acids is 1. The number of carboxylic acid groups (broad SMARTS) is 1. The highest BCUT2D eigenvalue weighted by Crippen LogP contribution is 2.36. The van der Waals surface area contributed by atoms with Gasteiger partial charge in [-0.2, -0.15) is 0 Å². The number of carbonyl (C=O) groups is 1. The Kier molecular flexibility index (Phi) is 4.65. The van der Waals surface area contributed by atoms with Gasteiger partial charge in [0.15, 0.2) is 0 Å². The minimum atomic E-state index is -0.718. The zero-order valence-electron chi connectivity index (χ0n) is 10.4. The number of hydrogen-bond donors (Lipinski definition) is 1. The van der Waals surface area contributed by atoms with Crippen LogP contribution in [0.1, 0.15) is 50.0 Å². The third-order valence-corrected chi connectivity index (χ3v) is 4.08. The molecule has 0 unspecified atom stereocenters. The molecule has 98 valence electrons. The lowest BCUT2D eigenvalue weighted by Crippen LogP contribution is -2.21. The lowest BCUT2D eigenvalue weighted by atomic mass is 9.81. The molecule has 1 saturated carbocycles. The van der Waals surface area contributed by atoms with Crippen molar-refractivity contribution in [1.29, 1.82) is 0 Å². The maximum absolute atomic E-state index is 11.6.